The van der Waals surface area contributed by atoms with Crippen molar-refractivity contribution in [3.05, 3.63) is 0 Å². The molecule has 1 aliphatic carbocycles. The Morgan fingerprint density at radius 2 is 2.18 bits per heavy atom. The Bertz CT molecular complexity index is 204. The highest BCUT2D eigenvalue weighted by Crippen LogP contribution is 2.39. The van der Waals surface area contributed by atoms with Gasteiger partial charge in [0.2, 0.25) is 0 Å². The van der Waals surface area contributed by atoms with E-state index in [0.717, 1.165) is 38.5 Å². The van der Waals surface area contributed by atoms with E-state index in [0.29, 0.717) is 5.41 Å². The molecule has 0 heterocycles. The van der Waals surface area contributed by atoms with Crippen LogP contribution in [0.3, 0.4) is 0 Å². The molecule has 3 nitrogen and oxygen atoms in total. The maximum atomic E-state index is 9.13. The minimum absolute atomic E-state index is 0.260. The van der Waals surface area contributed by atoms with Gasteiger partial charge in [0.05, 0.1) is 6.61 Å². The number of nitrogens with two attached hydrogens (primary N) is 1. The van der Waals surface area contributed by atoms with Crippen molar-refractivity contribution in [1.82, 2.24) is 4.90 Å². The molecule has 0 aromatic carbocycles. The predicted octanol–water partition coefficient (Wildman–Crippen LogP) is 1.85. The van der Waals surface area contributed by atoms with Crippen molar-refractivity contribution in [2.45, 2.75) is 46.0 Å². The molecular weight excluding hydrogens is 212 g/mol. The number of hydrogen-bond donors (Lipinski definition) is 2. The van der Waals surface area contributed by atoms with Crippen LogP contribution in [0.25, 0.3) is 0 Å². The Balaban J connectivity index is 2.58. The molecule has 17 heavy (non-hydrogen) atoms. The molecule has 0 saturated heterocycles. The average molecular weight is 242 g/mol. The van der Waals surface area contributed by atoms with Crippen molar-refractivity contribution in [3.8, 4) is 0 Å². The van der Waals surface area contributed by atoms with Gasteiger partial charge >= 0.3 is 0 Å². The first-order valence-electron chi connectivity index (χ1n) is 7.19. The first-order chi connectivity index (χ1) is 8.15. The Labute approximate surface area is 106 Å². The van der Waals surface area contributed by atoms with Gasteiger partial charge in [-0.05, 0) is 43.7 Å². The van der Waals surface area contributed by atoms with Crippen molar-refractivity contribution in [2.24, 2.45) is 17.1 Å². The normalized spacial score (nSPS) is 29.8. The fourth-order valence-electron chi connectivity index (χ4n) is 3.36. The van der Waals surface area contributed by atoms with Gasteiger partial charge in [0.1, 0.15) is 0 Å². The van der Waals surface area contributed by atoms with E-state index in [2.05, 4.69) is 18.7 Å². The topological polar surface area (TPSA) is 49.5 Å². The Morgan fingerprint density at radius 3 is 2.71 bits per heavy atom. The molecule has 0 spiro atoms. The number of aliphatic hydroxyl groups excluding tert-OH is 1. The maximum Gasteiger partial charge on any atom is 0.0558 e. The summed E-state index contributed by atoms with van der Waals surface area (Å²) in [5.41, 5.74) is 6.36. The molecule has 1 rings (SSSR count). The highest BCUT2D eigenvalue weighted by atomic mass is 16.3. The summed E-state index contributed by atoms with van der Waals surface area (Å²) in [5.74, 6) is 0.810. The van der Waals surface area contributed by atoms with Crippen LogP contribution in [-0.4, -0.2) is 42.8 Å². The van der Waals surface area contributed by atoms with Crippen molar-refractivity contribution >= 4 is 0 Å². The summed E-state index contributed by atoms with van der Waals surface area (Å²) in [6.45, 7) is 8.55. The van der Waals surface area contributed by atoms with Crippen molar-refractivity contribution in [2.75, 3.05) is 32.8 Å². The van der Waals surface area contributed by atoms with Gasteiger partial charge < -0.3 is 15.7 Å². The number of rotatable bonds is 7. The second kappa shape index (κ2) is 7.34. The monoisotopic (exact) mass is 242 g/mol. The van der Waals surface area contributed by atoms with Crippen LogP contribution in [-0.2, 0) is 0 Å². The van der Waals surface area contributed by atoms with Crippen LogP contribution in [0.5, 0.6) is 0 Å². The zero-order valence-electron chi connectivity index (χ0n) is 11.6. The summed E-state index contributed by atoms with van der Waals surface area (Å²) in [6.07, 6.45) is 6.35. The fourth-order valence-corrected chi connectivity index (χ4v) is 3.36. The predicted molar refractivity (Wildman–Crippen MR) is 72.9 cm³/mol. The maximum absolute atomic E-state index is 9.13. The van der Waals surface area contributed by atoms with Crippen LogP contribution in [0, 0.1) is 11.3 Å². The molecule has 2 atom stereocenters. The Hall–Kier alpha value is -0.120. The highest BCUT2D eigenvalue weighted by molar-refractivity contribution is 4.88. The molecule has 1 aliphatic rings. The largest absolute Gasteiger partial charge is 0.395 e. The molecule has 3 heteroatoms. The van der Waals surface area contributed by atoms with Gasteiger partial charge in [-0.3, -0.25) is 0 Å². The summed E-state index contributed by atoms with van der Waals surface area (Å²) in [7, 11) is 0. The van der Waals surface area contributed by atoms with E-state index in [1.165, 1.54) is 25.7 Å². The lowest BCUT2D eigenvalue weighted by Crippen LogP contribution is -2.46. The van der Waals surface area contributed by atoms with E-state index in [1.54, 1.807) is 0 Å². The van der Waals surface area contributed by atoms with Crippen LogP contribution in [0.1, 0.15) is 46.0 Å². The molecule has 0 aliphatic heterocycles. The van der Waals surface area contributed by atoms with Gasteiger partial charge in [-0.15, -0.1) is 0 Å². The van der Waals surface area contributed by atoms with Crippen LogP contribution in [0.2, 0.25) is 0 Å². The number of aliphatic hydroxyl groups is 1. The third-order valence-corrected chi connectivity index (χ3v) is 4.13. The van der Waals surface area contributed by atoms with Crippen molar-refractivity contribution in [3.63, 3.8) is 0 Å². The third-order valence-electron chi connectivity index (χ3n) is 4.13. The van der Waals surface area contributed by atoms with E-state index in [4.69, 9.17) is 10.8 Å². The SMILES string of the molecule is CCCN(CCO)CC1(CN)CCCC(C)C1. The van der Waals surface area contributed by atoms with Crippen molar-refractivity contribution < 1.29 is 5.11 Å². The summed E-state index contributed by atoms with van der Waals surface area (Å²) in [6, 6.07) is 0. The Morgan fingerprint density at radius 1 is 1.41 bits per heavy atom. The van der Waals surface area contributed by atoms with E-state index in [1.807, 2.05) is 0 Å². The molecule has 0 radical (unpaired) electrons. The zero-order chi connectivity index (χ0) is 12.7. The van der Waals surface area contributed by atoms with Crippen LogP contribution >= 0.6 is 0 Å². The van der Waals surface area contributed by atoms with Crippen LogP contribution in [0.15, 0.2) is 0 Å². The lowest BCUT2D eigenvalue weighted by Gasteiger charge is -2.42. The van der Waals surface area contributed by atoms with Crippen LogP contribution in [0.4, 0.5) is 0 Å². The summed E-state index contributed by atoms with van der Waals surface area (Å²) in [5, 5.41) is 9.13. The van der Waals surface area contributed by atoms with E-state index >= 15 is 0 Å². The second-order valence-electron chi connectivity index (χ2n) is 5.91. The lowest BCUT2D eigenvalue weighted by atomic mass is 9.69. The molecule has 1 saturated carbocycles. The summed E-state index contributed by atoms with van der Waals surface area (Å²) >= 11 is 0. The molecule has 0 bridgehead atoms. The minimum atomic E-state index is 0.260. The first-order valence-corrected chi connectivity index (χ1v) is 7.19. The summed E-state index contributed by atoms with van der Waals surface area (Å²) in [4.78, 5) is 2.39. The van der Waals surface area contributed by atoms with Gasteiger partial charge in [0.25, 0.3) is 0 Å². The van der Waals surface area contributed by atoms with E-state index < -0.39 is 0 Å². The third kappa shape index (κ3) is 4.57. The van der Waals surface area contributed by atoms with E-state index in [-0.39, 0.29) is 6.61 Å². The fraction of sp³-hybridized carbons (Fsp3) is 1.00. The second-order valence-corrected chi connectivity index (χ2v) is 5.91. The molecule has 0 aromatic heterocycles. The van der Waals surface area contributed by atoms with Gasteiger partial charge in [-0.2, -0.15) is 0 Å². The van der Waals surface area contributed by atoms with Gasteiger partial charge in [-0.1, -0.05) is 26.7 Å². The highest BCUT2D eigenvalue weighted by Gasteiger charge is 2.34. The molecule has 102 valence electrons. The smallest absolute Gasteiger partial charge is 0.0558 e. The Kier molecular flexibility index (Phi) is 6.45. The average Bonchev–Trinajstić information content (AvgIpc) is 2.30. The van der Waals surface area contributed by atoms with Crippen LogP contribution < -0.4 is 5.73 Å². The molecular formula is C14H30N2O. The number of hydrogen-bond acceptors (Lipinski definition) is 3. The molecule has 1 fully saturated rings. The van der Waals surface area contributed by atoms with Gasteiger partial charge in [-0.25, -0.2) is 0 Å². The number of nitrogens with zero attached hydrogens (tertiary/aromatic N) is 1. The molecule has 3 N–H and O–H groups in total. The zero-order valence-corrected chi connectivity index (χ0v) is 11.6. The molecule has 2 unspecified atom stereocenters. The standard InChI is InChI=1S/C14H30N2O/c1-3-7-16(8-9-17)12-14(11-15)6-4-5-13(2)10-14/h13,17H,3-12,15H2,1-2H3. The van der Waals surface area contributed by atoms with Gasteiger partial charge in [0, 0.05) is 13.1 Å². The van der Waals surface area contributed by atoms with Crippen molar-refractivity contribution in [1.29, 1.82) is 0 Å². The quantitative estimate of drug-likeness (QED) is 0.716. The molecule has 0 amide bonds. The molecule has 0 aromatic rings. The lowest BCUT2D eigenvalue weighted by molar-refractivity contribution is 0.0776. The minimum Gasteiger partial charge on any atom is -0.395 e. The summed E-state index contributed by atoms with van der Waals surface area (Å²) < 4.78 is 0. The van der Waals surface area contributed by atoms with Gasteiger partial charge in [0.15, 0.2) is 0 Å². The first kappa shape index (κ1) is 14.9. The van der Waals surface area contributed by atoms with E-state index in [9.17, 15) is 0 Å².